The lowest BCUT2D eigenvalue weighted by atomic mass is 10.4. The molecule has 8 heteroatoms. The molecule has 0 atom stereocenters. The first kappa shape index (κ1) is 15.9. The third-order valence-corrected chi connectivity index (χ3v) is 3.99. The van der Waals surface area contributed by atoms with Crippen molar-refractivity contribution in [3.63, 3.8) is 0 Å². The van der Waals surface area contributed by atoms with E-state index in [-0.39, 0.29) is 6.03 Å². The SMILES string of the molecule is Cc1cc(NC(=O)NSCc2ccc(CN(C)C)o2)sn1. The molecule has 21 heavy (non-hydrogen) atoms. The highest BCUT2D eigenvalue weighted by molar-refractivity contribution is 7.97. The monoisotopic (exact) mass is 326 g/mol. The number of urea groups is 1. The number of hydrogen-bond acceptors (Lipinski definition) is 6. The second-order valence-electron chi connectivity index (χ2n) is 4.78. The Morgan fingerprint density at radius 3 is 2.86 bits per heavy atom. The number of nitrogens with zero attached hydrogens (tertiary/aromatic N) is 2. The first-order valence-electron chi connectivity index (χ1n) is 6.37. The summed E-state index contributed by atoms with van der Waals surface area (Å²) in [5.74, 6) is 2.34. The van der Waals surface area contributed by atoms with Crippen LogP contribution < -0.4 is 10.0 Å². The number of carbonyl (C=O) groups excluding carboxylic acids is 1. The van der Waals surface area contributed by atoms with Gasteiger partial charge in [-0.25, -0.2) is 4.79 Å². The van der Waals surface area contributed by atoms with Crippen LogP contribution in [-0.4, -0.2) is 29.4 Å². The summed E-state index contributed by atoms with van der Waals surface area (Å²) in [6.07, 6.45) is 0. The van der Waals surface area contributed by atoms with Crippen molar-refractivity contribution >= 4 is 34.5 Å². The molecule has 0 aliphatic carbocycles. The van der Waals surface area contributed by atoms with Gasteiger partial charge in [0.05, 0.1) is 18.0 Å². The summed E-state index contributed by atoms with van der Waals surface area (Å²) < 4.78 is 12.5. The van der Waals surface area contributed by atoms with E-state index in [9.17, 15) is 4.79 Å². The van der Waals surface area contributed by atoms with Gasteiger partial charge in [-0.1, -0.05) is 0 Å². The Kier molecular flexibility index (Phi) is 5.66. The molecule has 0 unspecified atom stereocenters. The quantitative estimate of drug-likeness (QED) is 0.798. The first-order chi connectivity index (χ1) is 10.0. The molecule has 2 heterocycles. The third kappa shape index (κ3) is 5.41. The van der Waals surface area contributed by atoms with E-state index < -0.39 is 0 Å². The molecule has 0 spiro atoms. The molecule has 0 bridgehead atoms. The number of anilines is 1. The number of carbonyl (C=O) groups is 1. The molecular weight excluding hydrogens is 308 g/mol. The highest BCUT2D eigenvalue weighted by atomic mass is 32.2. The van der Waals surface area contributed by atoms with Crippen LogP contribution in [0.25, 0.3) is 0 Å². The fourth-order valence-corrected chi connectivity index (χ4v) is 2.84. The maximum Gasteiger partial charge on any atom is 0.329 e. The van der Waals surface area contributed by atoms with Crippen molar-refractivity contribution in [3.05, 3.63) is 35.4 Å². The summed E-state index contributed by atoms with van der Waals surface area (Å²) in [6, 6.07) is 5.45. The highest BCUT2D eigenvalue weighted by Crippen LogP contribution is 2.17. The molecular formula is C13H18N4O2S2. The van der Waals surface area contributed by atoms with E-state index in [2.05, 4.69) is 14.4 Å². The predicted molar refractivity (Wildman–Crippen MR) is 86.4 cm³/mol. The minimum atomic E-state index is -0.260. The predicted octanol–water partition coefficient (Wildman–Crippen LogP) is 3.08. The van der Waals surface area contributed by atoms with E-state index in [1.54, 1.807) is 0 Å². The highest BCUT2D eigenvalue weighted by Gasteiger charge is 2.07. The first-order valence-corrected chi connectivity index (χ1v) is 8.13. The molecule has 0 saturated heterocycles. The van der Waals surface area contributed by atoms with Crippen LogP contribution in [0.5, 0.6) is 0 Å². The van der Waals surface area contributed by atoms with Crippen molar-refractivity contribution in [3.8, 4) is 0 Å². The number of hydrogen-bond donors (Lipinski definition) is 2. The van der Waals surface area contributed by atoms with Crippen LogP contribution in [-0.2, 0) is 12.3 Å². The van der Waals surface area contributed by atoms with Crippen LogP contribution >= 0.6 is 23.5 Å². The standard InChI is InChI=1S/C13H18N4O2S2/c1-9-6-12(21-15-9)14-13(18)16-20-8-11-5-4-10(19-11)7-17(2)3/h4-6H,7-8H2,1-3H3,(H2,14,16,18). The Morgan fingerprint density at radius 2 is 2.19 bits per heavy atom. The van der Waals surface area contributed by atoms with Crippen molar-refractivity contribution < 1.29 is 9.21 Å². The van der Waals surface area contributed by atoms with Crippen LogP contribution in [0.2, 0.25) is 0 Å². The third-order valence-electron chi connectivity index (χ3n) is 2.43. The van der Waals surface area contributed by atoms with Crippen molar-refractivity contribution in [1.82, 2.24) is 14.0 Å². The summed E-state index contributed by atoms with van der Waals surface area (Å²) in [5, 5.41) is 3.46. The van der Waals surface area contributed by atoms with Gasteiger partial charge in [0.15, 0.2) is 0 Å². The van der Waals surface area contributed by atoms with Crippen LogP contribution in [0.1, 0.15) is 17.2 Å². The lowest BCUT2D eigenvalue weighted by Gasteiger charge is -2.06. The number of nitrogens with one attached hydrogen (secondary N) is 2. The Morgan fingerprint density at radius 1 is 1.43 bits per heavy atom. The molecule has 2 amide bonds. The zero-order valence-corrected chi connectivity index (χ0v) is 13.8. The zero-order valence-electron chi connectivity index (χ0n) is 12.2. The van der Waals surface area contributed by atoms with Crippen molar-refractivity contribution in [2.24, 2.45) is 0 Å². The molecule has 2 aromatic heterocycles. The normalized spacial score (nSPS) is 10.9. The molecule has 0 radical (unpaired) electrons. The van der Waals surface area contributed by atoms with Gasteiger partial charge >= 0.3 is 6.03 Å². The Labute approximate surface area is 132 Å². The minimum absolute atomic E-state index is 0.260. The largest absolute Gasteiger partial charge is 0.464 e. The molecule has 2 N–H and O–H groups in total. The molecule has 0 saturated carbocycles. The second-order valence-corrected chi connectivity index (χ2v) is 6.37. The van der Waals surface area contributed by atoms with Crippen molar-refractivity contribution in [1.29, 1.82) is 0 Å². The van der Waals surface area contributed by atoms with Gasteiger partial charge in [-0.3, -0.25) is 10.0 Å². The molecule has 0 aromatic carbocycles. The van der Waals surface area contributed by atoms with Gasteiger partial charge in [0, 0.05) is 0 Å². The topological polar surface area (TPSA) is 70.4 Å². The van der Waals surface area contributed by atoms with Gasteiger partial charge in [-0.05, 0) is 62.7 Å². The van der Waals surface area contributed by atoms with Crippen LogP contribution in [0.3, 0.4) is 0 Å². The maximum atomic E-state index is 11.7. The van der Waals surface area contributed by atoms with Gasteiger partial charge in [0.1, 0.15) is 16.5 Å². The molecule has 2 aromatic rings. The Balaban J connectivity index is 1.71. The molecule has 0 aliphatic heterocycles. The smallest absolute Gasteiger partial charge is 0.329 e. The van der Waals surface area contributed by atoms with Crippen LogP contribution in [0.4, 0.5) is 9.80 Å². The molecule has 6 nitrogen and oxygen atoms in total. The minimum Gasteiger partial charge on any atom is -0.464 e. The summed E-state index contributed by atoms with van der Waals surface area (Å²) >= 11 is 2.55. The fourth-order valence-electron chi connectivity index (χ4n) is 1.63. The lowest BCUT2D eigenvalue weighted by Crippen LogP contribution is -2.22. The van der Waals surface area contributed by atoms with E-state index in [0.717, 1.165) is 28.8 Å². The average molecular weight is 326 g/mol. The molecule has 0 fully saturated rings. The number of furan rings is 1. The van der Waals surface area contributed by atoms with Crippen LogP contribution in [0.15, 0.2) is 22.6 Å². The molecule has 114 valence electrons. The summed E-state index contributed by atoms with van der Waals surface area (Å²) in [6.45, 7) is 2.65. The fraction of sp³-hybridized carbons (Fsp3) is 0.385. The second kappa shape index (κ2) is 7.48. The Hall–Kier alpha value is -1.51. The Bertz CT molecular complexity index is 595. The van der Waals surface area contributed by atoms with Crippen molar-refractivity contribution in [2.75, 3.05) is 19.4 Å². The lowest BCUT2D eigenvalue weighted by molar-refractivity contribution is 0.257. The zero-order chi connectivity index (χ0) is 15.2. The van der Waals surface area contributed by atoms with Crippen molar-refractivity contribution in [2.45, 2.75) is 19.2 Å². The number of aryl methyl sites for hydroxylation is 1. The molecule has 0 aliphatic rings. The van der Waals surface area contributed by atoms with Gasteiger partial charge < -0.3 is 9.32 Å². The van der Waals surface area contributed by atoms with Gasteiger partial charge in [-0.2, -0.15) is 4.37 Å². The average Bonchev–Trinajstić information content (AvgIpc) is 2.98. The summed E-state index contributed by atoms with van der Waals surface area (Å²) in [4.78, 5) is 13.7. The summed E-state index contributed by atoms with van der Waals surface area (Å²) in [7, 11) is 3.98. The van der Waals surface area contributed by atoms with Gasteiger partial charge in [0.25, 0.3) is 0 Å². The van der Waals surface area contributed by atoms with Crippen LogP contribution in [0, 0.1) is 6.92 Å². The molecule has 2 rings (SSSR count). The number of amides is 2. The number of aromatic nitrogens is 1. The van der Waals surface area contributed by atoms with E-state index in [1.807, 2.05) is 44.1 Å². The van der Waals surface area contributed by atoms with Gasteiger partial charge in [0.2, 0.25) is 0 Å². The van der Waals surface area contributed by atoms with E-state index in [4.69, 9.17) is 4.42 Å². The van der Waals surface area contributed by atoms with E-state index in [0.29, 0.717) is 5.75 Å². The maximum absolute atomic E-state index is 11.7. The summed E-state index contributed by atoms with van der Waals surface area (Å²) in [5.41, 5.74) is 0.895. The van der Waals surface area contributed by atoms with E-state index in [1.165, 1.54) is 23.5 Å². The number of rotatable bonds is 6. The van der Waals surface area contributed by atoms with Gasteiger partial charge in [-0.15, -0.1) is 0 Å². The van der Waals surface area contributed by atoms with E-state index >= 15 is 0 Å².